The standard InChI is InChI=1S/C25H27FN2O5/c1-17(25(30)27-15-21-5-4-12-33-21)28(16-18-6-9-20(26)10-7-18)24(29)14-19-8-11-22(31-2)23(13-19)32-3/h4-13,17H,14-16H2,1-3H3,(H,27,30)/t17-/m1/s1. The average Bonchev–Trinajstić information content (AvgIpc) is 3.35. The summed E-state index contributed by atoms with van der Waals surface area (Å²) in [6, 6.07) is 13.8. The topological polar surface area (TPSA) is 81.0 Å². The molecule has 0 saturated heterocycles. The quantitative estimate of drug-likeness (QED) is 0.505. The van der Waals surface area contributed by atoms with E-state index in [4.69, 9.17) is 13.9 Å². The Balaban J connectivity index is 1.78. The average molecular weight is 454 g/mol. The Morgan fingerprint density at radius 1 is 1.03 bits per heavy atom. The van der Waals surface area contributed by atoms with Gasteiger partial charge >= 0.3 is 0 Å². The predicted octanol–water partition coefficient (Wildman–Crippen LogP) is 3.71. The smallest absolute Gasteiger partial charge is 0.242 e. The van der Waals surface area contributed by atoms with Crippen molar-refractivity contribution in [2.24, 2.45) is 0 Å². The zero-order valence-corrected chi connectivity index (χ0v) is 18.8. The van der Waals surface area contributed by atoms with Crippen LogP contribution < -0.4 is 14.8 Å². The summed E-state index contributed by atoms with van der Waals surface area (Å²) in [4.78, 5) is 27.6. The zero-order chi connectivity index (χ0) is 23.8. The van der Waals surface area contributed by atoms with Crippen LogP contribution in [0.2, 0.25) is 0 Å². The van der Waals surface area contributed by atoms with Crippen LogP contribution in [0.25, 0.3) is 0 Å². The van der Waals surface area contributed by atoms with E-state index in [0.717, 1.165) is 0 Å². The Labute approximate surface area is 192 Å². The van der Waals surface area contributed by atoms with Crippen LogP contribution in [0.5, 0.6) is 11.5 Å². The summed E-state index contributed by atoms with van der Waals surface area (Å²) in [5.41, 5.74) is 1.42. The van der Waals surface area contributed by atoms with Gasteiger partial charge in [-0.1, -0.05) is 18.2 Å². The van der Waals surface area contributed by atoms with Gasteiger partial charge in [-0.25, -0.2) is 4.39 Å². The molecule has 1 aromatic heterocycles. The second kappa shape index (κ2) is 11.2. The summed E-state index contributed by atoms with van der Waals surface area (Å²) in [5, 5.41) is 2.79. The van der Waals surface area contributed by atoms with Crippen molar-refractivity contribution < 1.29 is 27.9 Å². The first-order chi connectivity index (χ1) is 15.9. The Kier molecular flexibility index (Phi) is 8.07. The van der Waals surface area contributed by atoms with Crippen molar-refractivity contribution in [1.29, 1.82) is 0 Å². The number of methoxy groups -OCH3 is 2. The van der Waals surface area contributed by atoms with Crippen LogP contribution >= 0.6 is 0 Å². The summed E-state index contributed by atoms with van der Waals surface area (Å²) in [6.45, 7) is 2.03. The third-order valence-electron chi connectivity index (χ3n) is 5.25. The first kappa shape index (κ1) is 23.8. The van der Waals surface area contributed by atoms with Gasteiger partial charge in [-0.15, -0.1) is 0 Å². The van der Waals surface area contributed by atoms with Crippen molar-refractivity contribution in [2.75, 3.05) is 14.2 Å². The van der Waals surface area contributed by atoms with Crippen molar-refractivity contribution >= 4 is 11.8 Å². The van der Waals surface area contributed by atoms with Gasteiger partial charge in [0, 0.05) is 6.54 Å². The molecule has 0 bridgehead atoms. The van der Waals surface area contributed by atoms with Gasteiger partial charge in [-0.3, -0.25) is 9.59 Å². The van der Waals surface area contributed by atoms with Gasteiger partial charge in [0.1, 0.15) is 17.6 Å². The molecule has 0 unspecified atom stereocenters. The molecular weight excluding hydrogens is 427 g/mol. The number of furan rings is 1. The van der Waals surface area contributed by atoms with Gasteiger partial charge < -0.3 is 24.1 Å². The lowest BCUT2D eigenvalue weighted by Crippen LogP contribution is -2.47. The third-order valence-corrected chi connectivity index (χ3v) is 5.25. The molecule has 0 saturated carbocycles. The molecule has 7 nitrogen and oxygen atoms in total. The molecule has 1 N–H and O–H groups in total. The highest BCUT2D eigenvalue weighted by Gasteiger charge is 2.26. The molecule has 33 heavy (non-hydrogen) atoms. The molecule has 2 aromatic carbocycles. The van der Waals surface area contributed by atoms with Crippen LogP contribution in [0.1, 0.15) is 23.8 Å². The van der Waals surface area contributed by atoms with Crippen molar-refractivity contribution in [2.45, 2.75) is 32.5 Å². The molecule has 174 valence electrons. The Hall–Kier alpha value is -3.81. The molecule has 0 spiro atoms. The maximum Gasteiger partial charge on any atom is 0.242 e. The normalized spacial score (nSPS) is 11.5. The van der Waals surface area contributed by atoms with E-state index >= 15 is 0 Å². The van der Waals surface area contributed by atoms with Crippen LogP contribution in [-0.4, -0.2) is 37.0 Å². The minimum atomic E-state index is -0.766. The van der Waals surface area contributed by atoms with Gasteiger partial charge in [0.2, 0.25) is 11.8 Å². The molecule has 0 aliphatic carbocycles. The fourth-order valence-corrected chi connectivity index (χ4v) is 3.37. The highest BCUT2D eigenvalue weighted by atomic mass is 19.1. The van der Waals surface area contributed by atoms with E-state index in [-0.39, 0.29) is 37.1 Å². The number of rotatable bonds is 10. The van der Waals surface area contributed by atoms with Gasteiger partial charge in [-0.2, -0.15) is 0 Å². The highest BCUT2D eigenvalue weighted by molar-refractivity contribution is 5.88. The summed E-state index contributed by atoms with van der Waals surface area (Å²) >= 11 is 0. The maximum absolute atomic E-state index is 13.3. The van der Waals surface area contributed by atoms with Crippen molar-refractivity contribution in [3.8, 4) is 11.5 Å². The number of ether oxygens (including phenoxy) is 2. The summed E-state index contributed by atoms with van der Waals surface area (Å²) < 4.78 is 29.2. The highest BCUT2D eigenvalue weighted by Crippen LogP contribution is 2.28. The van der Waals surface area contributed by atoms with Crippen LogP contribution in [-0.2, 0) is 29.1 Å². The molecule has 3 rings (SSSR count). The number of hydrogen-bond donors (Lipinski definition) is 1. The molecular formula is C25H27FN2O5. The van der Waals surface area contributed by atoms with Crippen LogP contribution in [0, 0.1) is 5.82 Å². The van der Waals surface area contributed by atoms with Crippen molar-refractivity contribution in [1.82, 2.24) is 10.2 Å². The Morgan fingerprint density at radius 3 is 2.36 bits per heavy atom. The van der Waals surface area contributed by atoms with Gasteiger partial charge in [0.15, 0.2) is 11.5 Å². The van der Waals surface area contributed by atoms with Gasteiger partial charge in [0.25, 0.3) is 0 Å². The van der Waals surface area contributed by atoms with E-state index in [9.17, 15) is 14.0 Å². The number of halogens is 1. The van der Waals surface area contributed by atoms with E-state index in [0.29, 0.717) is 28.4 Å². The Morgan fingerprint density at radius 2 is 1.73 bits per heavy atom. The fourth-order valence-electron chi connectivity index (χ4n) is 3.37. The molecule has 2 amide bonds. The molecule has 1 heterocycles. The van der Waals surface area contributed by atoms with Crippen LogP contribution in [0.15, 0.2) is 65.3 Å². The Bertz CT molecular complexity index is 1070. The molecule has 0 fully saturated rings. The maximum atomic E-state index is 13.3. The summed E-state index contributed by atoms with van der Waals surface area (Å²) in [6.07, 6.45) is 1.58. The molecule has 0 aliphatic heterocycles. The van der Waals surface area contributed by atoms with E-state index in [1.165, 1.54) is 37.5 Å². The molecule has 0 aliphatic rings. The number of nitrogens with one attached hydrogen (secondary N) is 1. The second-order valence-electron chi connectivity index (χ2n) is 7.49. The van der Waals surface area contributed by atoms with E-state index in [1.807, 2.05) is 0 Å². The third kappa shape index (κ3) is 6.35. The van der Waals surface area contributed by atoms with Gasteiger partial charge in [-0.05, 0) is 54.4 Å². The van der Waals surface area contributed by atoms with Crippen molar-refractivity contribution in [3.63, 3.8) is 0 Å². The summed E-state index contributed by atoms with van der Waals surface area (Å²) in [5.74, 6) is 0.726. The summed E-state index contributed by atoms with van der Waals surface area (Å²) in [7, 11) is 3.06. The van der Waals surface area contributed by atoms with Gasteiger partial charge in [0.05, 0.1) is 33.4 Å². The number of amides is 2. The number of carbonyl (C=O) groups is 2. The SMILES string of the molecule is COc1ccc(CC(=O)N(Cc2ccc(F)cc2)[C@H](C)C(=O)NCc2ccco2)cc1OC. The minimum Gasteiger partial charge on any atom is -0.493 e. The second-order valence-corrected chi connectivity index (χ2v) is 7.49. The lowest BCUT2D eigenvalue weighted by atomic mass is 10.1. The molecule has 3 aromatic rings. The zero-order valence-electron chi connectivity index (χ0n) is 18.8. The fraction of sp³-hybridized carbons (Fsp3) is 0.280. The number of carbonyl (C=O) groups excluding carboxylic acids is 2. The van der Waals surface area contributed by atoms with E-state index < -0.39 is 6.04 Å². The van der Waals surface area contributed by atoms with E-state index in [2.05, 4.69) is 5.32 Å². The van der Waals surface area contributed by atoms with Crippen molar-refractivity contribution in [3.05, 3.63) is 83.6 Å². The molecule has 8 heteroatoms. The predicted molar refractivity (Wildman–Crippen MR) is 120 cm³/mol. The van der Waals surface area contributed by atoms with Crippen LogP contribution in [0.3, 0.4) is 0 Å². The first-order valence-electron chi connectivity index (χ1n) is 10.5. The number of nitrogens with zero attached hydrogens (tertiary/aromatic N) is 1. The molecule has 0 radical (unpaired) electrons. The number of benzene rings is 2. The lowest BCUT2D eigenvalue weighted by Gasteiger charge is -2.29. The van der Waals surface area contributed by atoms with Crippen LogP contribution in [0.4, 0.5) is 4.39 Å². The lowest BCUT2D eigenvalue weighted by molar-refractivity contribution is -0.140. The van der Waals surface area contributed by atoms with E-state index in [1.54, 1.807) is 49.4 Å². The molecule has 1 atom stereocenters. The largest absolute Gasteiger partial charge is 0.493 e. The first-order valence-corrected chi connectivity index (χ1v) is 10.5. The minimum absolute atomic E-state index is 0.0529. The monoisotopic (exact) mass is 454 g/mol. The number of hydrogen-bond acceptors (Lipinski definition) is 5.